The van der Waals surface area contributed by atoms with E-state index >= 15 is 0 Å². The average Bonchev–Trinajstić information content (AvgIpc) is 2.68. The number of hydrogen-bond acceptors (Lipinski definition) is 4. The number of methoxy groups -OCH3 is 1. The normalized spacial score (nSPS) is 11.5. The molecule has 0 fully saturated rings. The first-order chi connectivity index (χ1) is 13.0. The zero-order valence-corrected chi connectivity index (χ0v) is 16.0. The summed E-state index contributed by atoms with van der Waals surface area (Å²) >= 11 is 6.30. The van der Waals surface area contributed by atoms with Crippen LogP contribution in [-0.2, 0) is 10.0 Å². The summed E-state index contributed by atoms with van der Waals surface area (Å²) in [5.74, 6) is 0.581. The number of sulfonamides is 1. The molecule has 1 heterocycles. The smallest absolute Gasteiger partial charge is 0.261 e. The van der Waals surface area contributed by atoms with Crippen molar-refractivity contribution < 1.29 is 13.2 Å². The molecule has 5 nitrogen and oxygen atoms in total. The van der Waals surface area contributed by atoms with E-state index in [0.717, 1.165) is 5.56 Å². The standard InChI is InChI=1S/C20H17ClN2O3S/c1-26-16-6-8-17(9-7-16)27(24,25)23-20-4-2-3-19(21)18(20)10-5-15-11-13-22-14-12-15/h2-14,23H,1H3/b10-5+. The van der Waals surface area contributed by atoms with Crippen LogP contribution < -0.4 is 9.46 Å². The van der Waals surface area contributed by atoms with Gasteiger partial charge >= 0.3 is 0 Å². The molecule has 7 heteroatoms. The van der Waals surface area contributed by atoms with Gasteiger partial charge in [0.05, 0.1) is 17.7 Å². The number of halogens is 1. The van der Waals surface area contributed by atoms with Crippen molar-refractivity contribution in [3.8, 4) is 5.75 Å². The maximum atomic E-state index is 12.7. The lowest BCUT2D eigenvalue weighted by Crippen LogP contribution is -2.13. The Bertz CT molecular complexity index is 1050. The quantitative estimate of drug-likeness (QED) is 0.650. The second-order valence-corrected chi connectivity index (χ2v) is 7.69. The van der Waals surface area contributed by atoms with Gasteiger partial charge in [-0.3, -0.25) is 9.71 Å². The predicted octanol–water partition coefficient (Wildman–Crippen LogP) is 4.71. The van der Waals surface area contributed by atoms with E-state index in [4.69, 9.17) is 16.3 Å². The largest absolute Gasteiger partial charge is 0.497 e. The first-order valence-corrected chi connectivity index (χ1v) is 9.89. The van der Waals surface area contributed by atoms with E-state index in [1.54, 1.807) is 48.8 Å². The first kappa shape index (κ1) is 18.9. The summed E-state index contributed by atoms with van der Waals surface area (Å²) in [4.78, 5) is 4.10. The molecule has 0 spiro atoms. The lowest BCUT2D eigenvalue weighted by molar-refractivity contribution is 0.414. The van der Waals surface area contributed by atoms with Crippen molar-refractivity contribution in [1.82, 2.24) is 4.98 Å². The van der Waals surface area contributed by atoms with E-state index in [1.807, 2.05) is 18.2 Å². The van der Waals surface area contributed by atoms with Crippen LogP contribution in [0.4, 0.5) is 5.69 Å². The summed E-state index contributed by atoms with van der Waals surface area (Å²) in [6.45, 7) is 0. The van der Waals surface area contributed by atoms with E-state index in [-0.39, 0.29) is 4.90 Å². The SMILES string of the molecule is COc1ccc(S(=O)(=O)Nc2cccc(Cl)c2/C=C/c2ccncc2)cc1. The molecule has 0 amide bonds. The lowest BCUT2D eigenvalue weighted by Gasteiger charge is -2.12. The Balaban J connectivity index is 1.92. The highest BCUT2D eigenvalue weighted by molar-refractivity contribution is 7.92. The van der Waals surface area contributed by atoms with Crippen molar-refractivity contribution in [2.45, 2.75) is 4.90 Å². The van der Waals surface area contributed by atoms with Gasteiger partial charge in [-0.25, -0.2) is 8.42 Å². The van der Waals surface area contributed by atoms with Crippen molar-refractivity contribution in [3.63, 3.8) is 0 Å². The molecule has 1 N–H and O–H groups in total. The average molecular weight is 401 g/mol. The molecule has 0 atom stereocenters. The van der Waals surface area contributed by atoms with Crippen LogP contribution in [0.25, 0.3) is 12.2 Å². The summed E-state index contributed by atoms with van der Waals surface area (Å²) in [5.41, 5.74) is 1.89. The van der Waals surface area contributed by atoms with Crippen LogP contribution in [-0.4, -0.2) is 20.5 Å². The highest BCUT2D eigenvalue weighted by atomic mass is 35.5. The van der Waals surface area contributed by atoms with Gasteiger partial charge in [-0.15, -0.1) is 0 Å². The van der Waals surface area contributed by atoms with Crippen LogP contribution in [0, 0.1) is 0 Å². The minimum Gasteiger partial charge on any atom is -0.497 e. The molecule has 0 aliphatic carbocycles. The van der Waals surface area contributed by atoms with Crippen molar-refractivity contribution in [1.29, 1.82) is 0 Å². The van der Waals surface area contributed by atoms with Crippen LogP contribution in [0.3, 0.4) is 0 Å². The van der Waals surface area contributed by atoms with Gasteiger partial charge in [0.1, 0.15) is 5.75 Å². The minimum atomic E-state index is -3.77. The topological polar surface area (TPSA) is 68.3 Å². The van der Waals surface area contributed by atoms with E-state index < -0.39 is 10.0 Å². The third kappa shape index (κ3) is 4.67. The maximum Gasteiger partial charge on any atom is 0.261 e. The van der Waals surface area contributed by atoms with Crippen molar-refractivity contribution in [2.24, 2.45) is 0 Å². The second-order valence-electron chi connectivity index (χ2n) is 5.60. The van der Waals surface area contributed by atoms with Crippen molar-refractivity contribution in [3.05, 3.63) is 83.1 Å². The molecule has 0 radical (unpaired) electrons. The molecular formula is C20H17ClN2O3S. The minimum absolute atomic E-state index is 0.132. The lowest BCUT2D eigenvalue weighted by atomic mass is 10.1. The fraction of sp³-hybridized carbons (Fsp3) is 0.0500. The van der Waals surface area contributed by atoms with E-state index in [1.165, 1.54) is 19.2 Å². The molecule has 3 aromatic rings. The molecule has 27 heavy (non-hydrogen) atoms. The van der Waals surface area contributed by atoms with Gasteiger partial charge < -0.3 is 4.74 Å². The molecule has 0 aliphatic rings. The van der Waals surface area contributed by atoms with Gasteiger partial charge in [0, 0.05) is 23.0 Å². The number of ether oxygens (including phenoxy) is 1. The molecule has 0 unspecified atom stereocenters. The Kier molecular flexibility index (Phi) is 5.78. The van der Waals surface area contributed by atoms with E-state index in [2.05, 4.69) is 9.71 Å². The third-order valence-electron chi connectivity index (χ3n) is 3.82. The monoisotopic (exact) mass is 400 g/mol. The molecule has 0 saturated carbocycles. The number of anilines is 1. The molecule has 1 aromatic heterocycles. The first-order valence-electron chi connectivity index (χ1n) is 8.03. The van der Waals surface area contributed by atoms with Crippen LogP contribution in [0.2, 0.25) is 5.02 Å². The number of nitrogens with one attached hydrogen (secondary N) is 1. The molecule has 0 saturated heterocycles. The van der Waals surface area contributed by atoms with Crippen LogP contribution in [0.1, 0.15) is 11.1 Å². The molecular weight excluding hydrogens is 384 g/mol. The van der Waals surface area contributed by atoms with Gasteiger partial charge in [0.2, 0.25) is 0 Å². The number of pyridine rings is 1. The summed E-state index contributed by atoms with van der Waals surface area (Å²) in [6.07, 6.45) is 6.97. The van der Waals surface area contributed by atoms with Gasteiger partial charge in [0.25, 0.3) is 10.0 Å². The van der Waals surface area contributed by atoms with E-state index in [0.29, 0.717) is 22.0 Å². The maximum absolute atomic E-state index is 12.7. The van der Waals surface area contributed by atoms with E-state index in [9.17, 15) is 8.42 Å². The van der Waals surface area contributed by atoms with Crippen molar-refractivity contribution in [2.75, 3.05) is 11.8 Å². The summed E-state index contributed by atoms with van der Waals surface area (Å²) in [5, 5.41) is 0.440. The Morgan fingerprint density at radius 2 is 1.70 bits per heavy atom. The highest BCUT2D eigenvalue weighted by Gasteiger charge is 2.16. The van der Waals surface area contributed by atoms with Crippen LogP contribution in [0.5, 0.6) is 5.75 Å². The van der Waals surface area contributed by atoms with Gasteiger partial charge in [-0.1, -0.05) is 29.8 Å². The van der Waals surface area contributed by atoms with Crippen LogP contribution >= 0.6 is 11.6 Å². The Hall–Kier alpha value is -2.83. The fourth-order valence-electron chi connectivity index (χ4n) is 2.41. The zero-order chi connectivity index (χ0) is 19.3. The Labute approximate surface area is 163 Å². The molecule has 138 valence electrons. The molecule has 3 rings (SSSR count). The Morgan fingerprint density at radius 1 is 1.00 bits per heavy atom. The predicted molar refractivity (Wildman–Crippen MR) is 108 cm³/mol. The second kappa shape index (κ2) is 8.24. The number of benzene rings is 2. The van der Waals surface area contributed by atoms with Gasteiger partial charge in [0.15, 0.2) is 0 Å². The third-order valence-corrected chi connectivity index (χ3v) is 5.53. The number of hydrogen-bond donors (Lipinski definition) is 1. The number of rotatable bonds is 6. The molecule has 0 aliphatic heterocycles. The van der Waals surface area contributed by atoms with Gasteiger partial charge in [-0.05, 0) is 54.1 Å². The fourth-order valence-corrected chi connectivity index (χ4v) is 3.73. The summed E-state index contributed by atoms with van der Waals surface area (Å²) in [6, 6.07) is 14.9. The molecule has 0 bridgehead atoms. The van der Waals surface area contributed by atoms with Crippen molar-refractivity contribution >= 4 is 39.5 Å². The summed E-state index contributed by atoms with van der Waals surface area (Å²) in [7, 11) is -2.25. The number of aromatic nitrogens is 1. The zero-order valence-electron chi connectivity index (χ0n) is 14.5. The van der Waals surface area contributed by atoms with Gasteiger partial charge in [-0.2, -0.15) is 0 Å². The summed E-state index contributed by atoms with van der Waals surface area (Å²) < 4.78 is 33.1. The number of nitrogens with zero attached hydrogens (tertiary/aromatic N) is 1. The van der Waals surface area contributed by atoms with Crippen LogP contribution in [0.15, 0.2) is 71.9 Å². The highest BCUT2D eigenvalue weighted by Crippen LogP contribution is 2.29. The molecule has 2 aromatic carbocycles. The Morgan fingerprint density at radius 3 is 2.37 bits per heavy atom.